The van der Waals surface area contributed by atoms with Crippen molar-refractivity contribution in [2.45, 2.75) is 18.8 Å². The van der Waals surface area contributed by atoms with Crippen LogP contribution >= 0.6 is 11.3 Å². The zero-order chi connectivity index (χ0) is 22.6. The van der Waals surface area contributed by atoms with Crippen LogP contribution in [0.5, 0.6) is 0 Å². The second-order valence-electron chi connectivity index (χ2n) is 8.06. The minimum absolute atomic E-state index is 0.172. The molecule has 0 radical (unpaired) electrons. The molecule has 0 bridgehead atoms. The minimum atomic E-state index is -0.545. The molecule has 3 heterocycles. The largest absolute Gasteiger partial charge is 0.452 e. The third kappa shape index (κ3) is 4.78. The smallest absolute Gasteiger partial charge is 0.331 e. The number of carbonyl (C=O) groups excluding carboxylic acids is 2. The number of nitrogens with zero attached hydrogens (tertiary/aromatic N) is 3. The molecule has 1 unspecified atom stereocenters. The highest BCUT2D eigenvalue weighted by Crippen LogP contribution is 2.33. The first-order valence-corrected chi connectivity index (χ1v) is 11.8. The molecule has 0 aliphatic carbocycles. The summed E-state index contributed by atoms with van der Waals surface area (Å²) in [5, 5.41) is 2.06. The van der Waals surface area contributed by atoms with Gasteiger partial charge in [-0.2, -0.15) is 0 Å². The Morgan fingerprint density at radius 1 is 1.12 bits per heavy atom. The van der Waals surface area contributed by atoms with Crippen molar-refractivity contribution in [3.63, 3.8) is 0 Å². The van der Waals surface area contributed by atoms with Crippen LogP contribution in [0.25, 0.3) is 27.2 Å². The predicted molar refractivity (Wildman–Crippen MR) is 130 cm³/mol. The quantitative estimate of drug-likeness (QED) is 0.318. The third-order valence-corrected chi connectivity index (χ3v) is 7.03. The fraction of sp³-hybridized carbons (Fsp3) is 0.231. The molecule has 4 aromatic rings. The van der Waals surface area contributed by atoms with E-state index in [0.29, 0.717) is 13.1 Å². The van der Waals surface area contributed by atoms with Gasteiger partial charge in [-0.25, -0.2) is 9.78 Å². The van der Waals surface area contributed by atoms with Crippen molar-refractivity contribution in [3.8, 4) is 0 Å². The maximum atomic E-state index is 12.7. The number of amides is 1. The standard InChI is InChI=1S/C26H23N3O3S/c30-23(17-32-24(31)13-12-19-7-3-6-18-8-4-14-27-25(18)19)29-15-5-9-20(16-29)26-28-21-10-1-2-11-22(21)33-26/h1-4,6-8,10-14,20H,5,9,15-17H2/b13-12+. The number of aromatic nitrogens is 2. The first-order valence-electron chi connectivity index (χ1n) is 11.0. The summed E-state index contributed by atoms with van der Waals surface area (Å²) in [6, 6.07) is 17.7. The van der Waals surface area contributed by atoms with Crippen LogP contribution in [0, 0.1) is 0 Å². The van der Waals surface area contributed by atoms with Gasteiger partial charge < -0.3 is 9.64 Å². The number of rotatable bonds is 5. The van der Waals surface area contributed by atoms with Crippen LogP contribution in [0.2, 0.25) is 0 Å². The Balaban J connectivity index is 1.18. The van der Waals surface area contributed by atoms with Crippen molar-refractivity contribution in [1.29, 1.82) is 0 Å². The highest BCUT2D eigenvalue weighted by atomic mass is 32.1. The molecule has 6 nitrogen and oxygen atoms in total. The summed E-state index contributed by atoms with van der Waals surface area (Å²) in [6.45, 7) is 1.02. The Bertz CT molecular complexity index is 1310. The van der Waals surface area contributed by atoms with Crippen LogP contribution in [0.3, 0.4) is 0 Å². The van der Waals surface area contributed by atoms with Gasteiger partial charge >= 0.3 is 5.97 Å². The molecule has 1 saturated heterocycles. The van der Waals surface area contributed by atoms with E-state index in [1.54, 1.807) is 28.5 Å². The van der Waals surface area contributed by atoms with Crippen LogP contribution in [0.15, 0.2) is 66.9 Å². The lowest BCUT2D eigenvalue weighted by Crippen LogP contribution is -2.41. The van der Waals surface area contributed by atoms with E-state index in [0.717, 1.165) is 44.5 Å². The van der Waals surface area contributed by atoms with Gasteiger partial charge in [0.25, 0.3) is 5.91 Å². The number of hydrogen-bond acceptors (Lipinski definition) is 6. The van der Waals surface area contributed by atoms with Gasteiger partial charge in [0.1, 0.15) is 0 Å². The van der Waals surface area contributed by atoms with Crippen molar-refractivity contribution in [3.05, 3.63) is 77.4 Å². The summed E-state index contributed by atoms with van der Waals surface area (Å²) in [4.78, 5) is 35.8. The molecule has 1 aliphatic rings. The zero-order valence-electron chi connectivity index (χ0n) is 18.0. The fourth-order valence-corrected chi connectivity index (χ4v) is 5.26. The number of fused-ring (bicyclic) bond motifs is 2. The van der Waals surface area contributed by atoms with Gasteiger partial charge in [-0.1, -0.05) is 36.4 Å². The lowest BCUT2D eigenvalue weighted by atomic mass is 9.99. The maximum absolute atomic E-state index is 12.7. The van der Waals surface area contributed by atoms with E-state index < -0.39 is 5.97 Å². The summed E-state index contributed by atoms with van der Waals surface area (Å²) in [5.74, 6) is -0.500. The highest BCUT2D eigenvalue weighted by Gasteiger charge is 2.27. The van der Waals surface area contributed by atoms with Crippen LogP contribution in [0.4, 0.5) is 0 Å². The minimum Gasteiger partial charge on any atom is -0.452 e. The number of esters is 1. The molecule has 0 spiro atoms. The van der Waals surface area contributed by atoms with Gasteiger partial charge in [0.15, 0.2) is 6.61 Å². The highest BCUT2D eigenvalue weighted by molar-refractivity contribution is 7.18. The fourth-order valence-electron chi connectivity index (χ4n) is 4.16. The van der Waals surface area contributed by atoms with Crippen LogP contribution in [-0.4, -0.2) is 46.4 Å². The van der Waals surface area contributed by atoms with Gasteiger partial charge in [-0.05, 0) is 37.1 Å². The molecule has 1 amide bonds. The summed E-state index contributed by atoms with van der Waals surface area (Å²) < 4.78 is 6.39. The van der Waals surface area contributed by atoms with Gasteiger partial charge in [0.2, 0.25) is 0 Å². The van der Waals surface area contributed by atoms with E-state index in [9.17, 15) is 9.59 Å². The predicted octanol–water partition coefficient (Wildman–Crippen LogP) is 4.81. The van der Waals surface area contributed by atoms with Crippen LogP contribution in [-0.2, 0) is 14.3 Å². The first-order chi connectivity index (χ1) is 16.2. The van der Waals surface area contributed by atoms with Gasteiger partial charge in [0, 0.05) is 42.2 Å². The molecule has 2 aromatic carbocycles. The zero-order valence-corrected chi connectivity index (χ0v) is 18.8. The lowest BCUT2D eigenvalue weighted by Gasteiger charge is -2.31. The van der Waals surface area contributed by atoms with E-state index in [1.165, 1.54) is 6.08 Å². The monoisotopic (exact) mass is 457 g/mol. The van der Waals surface area contributed by atoms with Gasteiger partial charge in [-0.15, -0.1) is 11.3 Å². The number of ether oxygens (including phenoxy) is 1. The number of para-hydroxylation sites is 2. The Kier molecular flexibility index (Phi) is 6.13. The van der Waals surface area contributed by atoms with Gasteiger partial charge in [0.05, 0.1) is 20.7 Å². The molecule has 2 aromatic heterocycles. The average molecular weight is 458 g/mol. The number of pyridine rings is 1. The normalized spacial score (nSPS) is 16.5. The Labute approximate surface area is 195 Å². The molecular formula is C26H23N3O3S. The van der Waals surface area contributed by atoms with Crippen molar-refractivity contribution in [2.75, 3.05) is 19.7 Å². The topological polar surface area (TPSA) is 72.4 Å². The van der Waals surface area contributed by atoms with Crippen molar-refractivity contribution < 1.29 is 14.3 Å². The van der Waals surface area contributed by atoms with Gasteiger partial charge in [-0.3, -0.25) is 9.78 Å². The number of piperidine rings is 1. The van der Waals surface area contributed by atoms with Crippen molar-refractivity contribution in [1.82, 2.24) is 14.9 Å². The summed E-state index contributed by atoms with van der Waals surface area (Å²) in [6.07, 6.45) is 6.65. The molecule has 1 fully saturated rings. The number of likely N-dealkylation sites (tertiary alicyclic amines) is 1. The molecule has 0 saturated carbocycles. The second-order valence-corrected chi connectivity index (χ2v) is 9.12. The SMILES string of the molecule is O=C(/C=C/c1cccc2cccnc12)OCC(=O)N1CCCC(c2nc3ccccc3s2)C1. The Morgan fingerprint density at radius 3 is 2.91 bits per heavy atom. The van der Waals surface area contributed by atoms with Crippen molar-refractivity contribution >= 4 is 50.4 Å². The molecule has 33 heavy (non-hydrogen) atoms. The van der Waals surface area contributed by atoms with Crippen LogP contribution in [0.1, 0.15) is 29.3 Å². The Hall–Kier alpha value is -3.58. The maximum Gasteiger partial charge on any atom is 0.331 e. The Morgan fingerprint density at radius 2 is 2.00 bits per heavy atom. The molecule has 1 aliphatic heterocycles. The number of carbonyl (C=O) groups is 2. The van der Waals surface area contributed by atoms with E-state index >= 15 is 0 Å². The molecule has 5 rings (SSSR count). The van der Waals surface area contributed by atoms with Crippen molar-refractivity contribution in [2.24, 2.45) is 0 Å². The lowest BCUT2D eigenvalue weighted by molar-refractivity contribution is -0.148. The van der Waals surface area contributed by atoms with E-state index in [4.69, 9.17) is 9.72 Å². The average Bonchev–Trinajstić information content (AvgIpc) is 3.30. The number of benzene rings is 2. The number of thiazole rings is 1. The molecule has 166 valence electrons. The second kappa shape index (κ2) is 9.50. The van der Waals surface area contributed by atoms with E-state index in [-0.39, 0.29) is 18.4 Å². The summed E-state index contributed by atoms with van der Waals surface area (Å²) >= 11 is 1.69. The summed E-state index contributed by atoms with van der Waals surface area (Å²) in [5.41, 5.74) is 2.64. The van der Waals surface area contributed by atoms with E-state index in [1.807, 2.05) is 48.5 Å². The third-order valence-electron chi connectivity index (χ3n) is 5.83. The summed E-state index contributed by atoms with van der Waals surface area (Å²) in [7, 11) is 0. The molecule has 7 heteroatoms. The molecule has 0 N–H and O–H groups in total. The van der Waals surface area contributed by atoms with E-state index in [2.05, 4.69) is 11.1 Å². The number of hydrogen-bond donors (Lipinski definition) is 0. The van der Waals surface area contributed by atoms with Crippen LogP contribution < -0.4 is 0 Å². The molecule has 1 atom stereocenters. The molecular weight excluding hydrogens is 434 g/mol. The first kappa shape index (κ1) is 21.3.